The molecule has 0 radical (unpaired) electrons. The summed E-state index contributed by atoms with van der Waals surface area (Å²) in [5, 5.41) is 3.37. The van der Waals surface area contributed by atoms with Crippen LogP contribution in [0.5, 0.6) is 0 Å². The molecule has 1 fully saturated rings. The third-order valence-corrected chi connectivity index (χ3v) is 7.75. The minimum absolute atomic E-state index is 0.0125. The van der Waals surface area contributed by atoms with Crippen LogP contribution in [0.3, 0.4) is 0 Å². The normalized spacial score (nSPS) is 21.4. The van der Waals surface area contributed by atoms with Gasteiger partial charge < -0.3 is 4.90 Å². The van der Waals surface area contributed by atoms with Crippen molar-refractivity contribution in [2.24, 2.45) is 0 Å². The van der Waals surface area contributed by atoms with Crippen LogP contribution in [0.1, 0.15) is 44.2 Å². The van der Waals surface area contributed by atoms with E-state index in [1.165, 1.54) is 11.0 Å². The highest BCUT2D eigenvalue weighted by molar-refractivity contribution is 7.80. The number of anilines is 2. The first-order chi connectivity index (χ1) is 15.4. The van der Waals surface area contributed by atoms with E-state index in [4.69, 9.17) is 47.0 Å². The maximum absolute atomic E-state index is 13.4. The smallest absolute Gasteiger partial charge is 0.270 e. The van der Waals surface area contributed by atoms with Crippen molar-refractivity contribution in [2.45, 2.75) is 38.6 Å². The van der Waals surface area contributed by atoms with Gasteiger partial charge in [0.1, 0.15) is 5.57 Å². The number of nitrogens with zero attached hydrogens (tertiary/aromatic N) is 2. The lowest BCUT2D eigenvalue weighted by Gasteiger charge is -2.45. The van der Waals surface area contributed by atoms with Gasteiger partial charge in [-0.25, -0.2) is 0 Å². The van der Waals surface area contributed by atoms with E-state index < -0.39 is 11.8 Å². The van der Waals surface area contributed by atoms with Crippen LogP contribution in [0.25, 0.3) is 6.08 Å². The molecule has 1 saturated heterocycles. The molecule has 0 aromatic heterocycles. The fourth-order valence-corrected chi connectivity index (χ4v) is 5.28. The fourth-order valence-electron chi connectivity index (χ4n) is 4.41. The number of hydrogen-bond acceptors (Lipinski definition) is 4. The van der Waals surface area contributed by atoms with Gasteiger partial charge in [0.05, 0.1) is 15.7 Å². The summed E-state index contributed by atoms with van der Waals surface area (Å²) in [6.45, 7) is 6.55. The molecule has 33 heavy (non-hydrogen) atoms. The van der Waals surface area contributed by atoms with Crippen molar-refractivity contribution in [1.82, 2.24) is 5.32 Å². The average molecular weight is 523 g/mol. The first-order valence-corrected chi connectivity index (χ1v) is 11.9. The first-order valence-electron chi connectivity index (χ1n) is 10.3. The average Bonchev–Trinajstić information content (AvgIpc) is 2.72. The van der Waals surface area contributed by atoms with Crippen molar-refractivity contribution in [3.8, 4) is 0 Å². The first kappa shape index (κ1) is 24.0. The molecule has 0 unspecified atom stereocenters. The van der Waals surface area contributed by atoms with E-state index in [0.29, 0.717) is 16.3 Å². The second-order valence-corrected chi connectivity index (χ2v) is 10.5. The molecule has 4 rings (SSSR count). The lowest BCUT2D eigenvalue weighted by Crippen LogP contribution is -2.54. The van der Waals surface area contributed by atoms with E-state index >= 15 is 0 Å². The summed E-state index contributed by atoms with van der Waals surface area (Å²) < 4.78 is 0. The molecule has 2 heterocycles. The standard InChI is InChI=1S/C24H22Cl3N3O2S/c1-12-11-24(2,3)29(4)19-10-17(26)13(8-14(12)19)9-15-21(31)28-23(33)30(22(15)32)18-7-5-6-16(25)20(18)27/h5-10,12H,11H2,1-4H3,(H,28,31,33)/b15-9+/t12-/m1/s1. The minimum atomic E-state index is -0.604. The Morgan fingerprint density at radius 3 is 2.52 bits per heavy atom. The molecule has 0 saturated carbocycles. The molecule has 1 atom stereocenters. The van der Waals surface area contributed by atoms with Gasteiger partial charge in [0.25, 0.3) is 11.8 Å². The number of thiocarbonyl (C=S) groups is 1. The highest BCUT2D eigenvalue weighted by atomic mass is 35.5. The number of amides is 2. The fraction of sp³-hybridized carbons (Fsp3) is 0.292. The Labute approximate surface area is 213 Å². The number of hydrogen-bond donors (Lipinski definition) is 1. The van der Waals surface area contributed by atoms with Crippen LogP contribution in [0.2, 0.25) is 15.1 Å². The maximum Gasteiger partial charge on any atom is 0.270 e. The van der Waals surface area contributed by atoms with E-state index in [9.17, 15) is 9.59 Å². The van der Waals surface area contributed by atoms with Gasteiger partial charge in [0.2, 0.25) is 0 Å². The lowest BCUT2D eigenvalue weighted by molar-refractivity contribution is -0.122. The van der Waals surface area contributed by atoms with E-state index in [1.54, 1.807) is 18.2 Å². The molecular weight excluding hydrogens is 501 g/mol. The Morgan fingerprint density at radius 1 is 1.12 bits per heavy atom. The van der Waals surface area contributed by atoms with Gasteiger partial charge in [0.15, 0.2) is 5.11 Å². The summed E-state index contributed by atoms with van der Waals surface area (Å²) in [5.74, 6) is -0.918. The predicted octanol–water partition coefficient (Wildman–Crippen LogP) is 6.20. The van der Waals surface area contributed by atoms with Crippen LogP contribution < -0.4 is 15.1 Å². The molecule has 2 aliphatic heterocycles. The summed E-state index contributed by atoms with van der Waals surface area (Å²) in [5.41, 5.74) is 2.92. The zero-order valence-electron chi connectivity index (χ0n) is 18.5. The Balaban J connectivity index is 1.79. The van der Waals surface area contributed by atoms with Gasteiger partial charge in [-0.15, -0.1) is 0 Å². The van der Waals surface area contributed by atoms with Crippen LogP contribution in [-0.4, -0.2) is 29.5 Å². The largest absolute Gasteiger partial charge is 0.369 e. The summed E-state index contributed by atoms with van der Waals surface area (Å²) in [6, 6.07) is 8.71. The van der Waals surface area contributed by atoms with E-state index in [2.05, 4.69) is 31.0 Å². The SMILES string of the molecule is C[C@@H]1CC(C)(C)N(C)c2cc(Cl)c(/C=C3\C(=O)NC(=S)N(c4cccc(Cl)c4Cl)C3=O)cc21. The van der Waals surface area contributed by atoms with E-state index in [0.717, 1.165) is 17.7 Å². The lowest BCUT2D eigenvalue weighted by atomic mass is 9.80. The number of carbonyl (C=O) groups is 2. The number of carbonyl (C=O) groups excluding carboxylic acids is 2. The molecule has 5 nitrogen and oxygen atoms in total. The molecule has 2 aliphatic rings. The van der Waals surface area contributed by atoms with Gasteiger partial charge in [-0.2, -0.15) is 0 Å². The molecule has 0 bridgehead atoms. The van der Waals surface area contributed by atoms with Gasteiger partial charge in [-0.1, -0.05) is 47.8 Å². The van der Waals surface area contributed by atoms with Gasteiger partial charge >= 0.3 is 0 Å². The van der Waals surface area contributed by atoms with Crippen molar-refractivity contribution in [2.75, 3.05) is 16.8 Å². The molecule has 0 spiro atoms. The van der Waals surface area contributed by atoms with Crippen LogP contribution in [0.4, 0.5) is 11.4 Å². The molecule has 0 aliphatic carbocycles. The molecular formula is C24H22Cl3N3O2S. The highest BCUT2D eigenvalue weighted by Crippen LogP contribution is 2.44. The third-order valence-electron chi connectivity index (χ3n) is 6.33. The zero-order valence-corrected chi connectivity index (χ0v) is 21.6. The van der Waals surface area contributed by atoms with Gasteiger partial charge in [-0.05, 0) is 79.9 Å². The Morgan fingerprint density at radius 2 is 1.82 bits per heavy atom. The van der Waals surface area contributed by atoms with Crippen LogP contribution >= 0.6 is 47.0 Å². The molecule has 2 aromatic rings. The number of benzene rings is 2. The third kappa shape index (κ3) is 4.14. The zero-order chi connectivity index (χ0) is 24.2. The molecule has 1 N–H and O–H groups in total. The molecule has 2 amide bonds. The van der Waals surface area contributed by atoms with Crippen LogP contribution in [0.15, 0.2) is 35.9 Å². The Kier molecular flexibility index (Phi) is 6.25. The van der Waals surface area contributed by atoms with Gasteiger partial charge in [-0.3, -0.25) is 19.8 Å². The Hall–Kier alpha value is -2.12. The highest BCUT2D eigenvalue weighted by Gasteiger charge is 2.37. The number of fused-ring (bicyclic) bond motifs is 1. The van der Waals surface area contributed by atoms with Crippen molar-refractivity contribution in [3.05, 3.63) is 62.1 Å². The van der Waals surface area contributed by atoms with Crippen molar-refractivity contribution in [3.63, 3.8) is 0 Å². The van der Waals surface area contributed by atoms with Crippen LogP contribution in [0, 0.1) is 0 Å². The number of rotatable bonds is 2. The van der Waals surface area contributed by atoms with Crippen molar-refractivity contribution < 1.29 is 9.59 Å². The second kappa shape index (κ2) is 8.58. The minimum Gasteiger partial charge on any atom is -0.369 e. The monoisotopic (exact) mass is 521 g/mol. The number of halogens is 3. The van der Waals surface area contributed by atoms with Crippen molar-refractivity contribution in [1.29, 1.82) is 0 Å². The maximum atomic E-state index is 13.4. The topological polar surface area (TPSA) is 52.7 Å². The summed E-state index contributed by atoms with van der Waals surface area (Å²) in [7, 11) is 2.05. The van der Waals surface area contributed by atoms with E-state index in [1.807, 2.05) is 19.2 Å². The van der Waals surface area contributed by atoms with Gasteiger partial charge in [0, 0.05) is 23.3 Å². The molecule has 172 valence electrons. The van der Waals surface area contributed by atoms with E-state index in [-0.39, 0.29) is 32.2 Å². The summed E-state index contributed by atoms with van der Waals surface area (Å²) in [4.78, 5) is 29.5. The predicted molar refractivity (Wildman–Crippen MR) is 140 cm³/mol. The molecule has 9 heteroatoms. The summed E-state index contributed by atoms with van der Waals surface area (Å²) in [6.07, 6.45) is 2.46. The molecule has 2 aromatic carbocycles. The quantitative estimate of drug-likeness (QED) is 0.290. The Bertz CT molecular complexity index is 1240. The number of nitrogens with one attached hydrogen (secondary N) is 1. The van der Waals surface area contributed by atoms with Crippen molar-refractivity contribution >= 4 is 81.4 Å². The second-order valence-electron chi connectivity index (χ2n) is 8.94. The summed E-state index contributed by atoms with van der Waals surface area (Å²) >= 11 is 24.3. The van der Waals surface area contributed by atoms with Crippen LogP contribution in [-0.2, 0) is 9.59 Å².